The first kappa shape index (κ1) is 13.4. The standard InChI is InChI=1S/C14H16N6O/c1-15-14-13-12(16-3-4-17-13)7-11(19-14)10-8-18-20(9-10)5-6-21-2/h3-4,7-9H,5-6H2,1-2H3,(H,15,19). The van der Waals surface area contributed by atoms with Crippen molar-refractivity contribution in [2.24, 2.45) is 0 Å². The van der Waals surface area contributed by atoms with E-state index in [0.29, 0.717) is 19.0 Å². The Morgan fingerprint density at radius 2 is 2.14 bits per heavy atom. The zero-order valence-electron chi connectivity index (χ0n) is 11.9. The Bertz CT molecular complexity index is 754. The Morgan fingerprint density at radius 3 is 2.95 bits per heavy atom. The minimum absolute atomic E-state index is 0.625. The van der Waals surface area contributed by atoms with Gasteiger partial charge < -0.3 is 10.1 Å². The normalized spacial score (nSPS) is 11.0. The van der Waals surface area contributed by atoms with Crippen molar-refractivity contribution in [3.63, 3.8) is 0 Å². The lowest BCUT2D eigenvalue weighted by molar-refractivity contribution is 0.183. The van der Waals surface area contributed by atoms with Gasteiger partial charge in [-0.05, 0) is 6.07 Å². The van der Waals surface area contributed by atoms with Crippen molar-refractivity contribution in [3.05, 3.63) is 30.9 Å². The van der Waals surface area contributed by atoms with E-state index in [1.165, 1.54) is 0 Å². The maximum Gasteiger partial charge on any atom is 0.154 e. The van der Waals surface area contributed by atoms with Gasteiger partial charge in [0.1, 0.15) is 5.52 Å². The number of hydrogen-bond donors (Lipinski definition) is 1. The maximum atomic E-state index is 5.05. The Labute approximate surface area is 122 Å². The van der Waals surface area contributed by atoms with Crippen molar-refractivity contribution >= 4 is 16.9 Å². The highest BCUT2D eigenvalue weighted by Crippen LogP contribution is 2.24. The fraction of sp³-hybridized carbons (Fsp3) is 0.286. The molecule has 7 nitrogen and oxygen atoms in total. The largest absolute Gasteiger partial charge is 0.383 e. The molecule has 21 heavy (non-hydrogen) atoms. The van der Waals surface area contributed by atoms with Crippen LogP contribution in [0, 0.1) is 0 Å². The molecule has 7 heteroatoms. The average Bonchev–Trinajstić information content (AvgIpc) is 3.00. The molecule has 0 atom stereocenters. The SMILES string of the molecule is CNc1nc(-c2cnn(CCOC)c2)cc2nccnc12. The molecule has 0 saturated carbocycles. The highest BCUT2D eigenvalue weighted by atomic mass is 16.5. The molecule has 0 aliphatic rings. The highest BCUT2D eigenvalue weighted by molar-refractivity contribution is 5.88. The second-order valence-corrected chi connectivity index (χ2v) is 4.52. The number of methoxy groups -OCH3 is 1. The van der Waals surface area contributed by atoms with E-state index < -0.39 is 0 Å². The van der Waals surface area contributed by atoms with Gasteiger partial charge in [0.05, 0.1) is 30.6 Å². The van der Waals surface area contributed by atoms with Gasteiger partial charge in [-0.3, -0.25) is 9.67 Å². The van der Waals surface area contributed by atoms with Gasteiger partial charge in [-0.15, -0.1) is 0 Å². The van der Waals surface area contributed by atoms with E-state index >= 15 is 0 Å². The minimum atomic E-state index is 0.625. The third kappa shape index (κ3) is 2.68. The van der Waals surface area contributed by atoms with Crippen molar-refractivity contribution in [1.29, 1.82) is 0 Å². The maximum absolute atomic E-state index is 5.05. The molecule has 0 unspecified atom stereocenters. The van der Waals surface area contributed by atoms with E-state index in [1.54, 1.807) is 25.7 Å². The van der Waals surface area contributed by atoms with Gasteiger partial charge in [-0.25, -0.2) is 9.97 Å². The highest BCUT2D eigenvalue weighted by Gasteiger charge is 2.10. The lowest BCUT2D eigenvalue weighted by atomic mass is 10.2. The van der Waals surface area contributed by atoms with E-state index in [0.717, 1.165) is 22.3 Å². The van der Waals surface area contributed by atoms with Crippen LogP contribution in [-0.2, 0) is 11.3 Å². The summed E-state index contributed by atoms with van der Waals surface area (Å²) in [6, 6.07) is 1.92. The molecule has 0 bridgehead atoms. The minimum Gasteiger partial charge on any atom is -0.383 e. The lowest BCUT2D eigenvalue weighted by Crippen LogP contribution is -2.03. The van der Waals surface area contributed by atoms with Crippen LogP contribution in [0.5, 0.6) is 0 Å². The second-order valence-electron chi connectivity index (χ2n) is 4.52. The lowest BCUT2D eigenvalue weighted by Gasteiger charge is -2.06. The molecule has 3 aromatic rings. The molecule has 0 radical (unpaired) electrons. The predicted octanol–water partition coefficient (Wildman–Crippen LogP) is 1.58. The van der Waals surface area contributed by atoms with E-state index in [-0.39, 0.29) is 0 Å². The van der Waals surface area contributed by atoms with E-state index in [2.05, 4.69) is 25.4 Å². The smallest absolute Gasteiger partial charge is 0.154 e. The van der Waals surface area contributed by atoms with Crippen LogP contribution >= 0.6 is 0 Å². The summed E-state index contributed by atoms with van der Waals surface area (Å²) in [7, 11) is 3.50. The number of nitrogens with zero attached hydrogens (tertiary/aromatic N) is 5. The van der Waals surface area contributed by atoms with Crippen molar-refractivity contribution in [2.75, 3.05) is 26.1 Å². The summed E-state index contributed by atoms with van der Waals surface area (Å²) < 4.78 is 6.88. The summed E-state index contributed by atoms with van der Waals surface area (Å²) in [5, 5.41) is 7.37. The summed E-state index contributed by atoms with van der Waals surface area (Å²) in [6.45, 7) is 1.34. The fourth-order valence-electron chi connectivity index (χ4n) is 2.10. The molecule has 1 N–H and O–H groups in total. The number of fused-ring (bicyclic) bond motifs is 1. The molecule has 0 amide bonds. The van der Waals surface area contributed by atoms with Crippen molar-refractivity contribution in [3.8, 4) is 11.3 Å². The zero-order valence-corrected chi connectivity index (χ0v) is 11.9. The molecular weight excluding hydrogens is 268 g/mol. The van der Waals surface area contributed by atoms with Crippen LogP contribution in [0.4, 0.5) is 5.82 Å². The van der Waals surface area contributed by atoms with Crippen LogP contribution < -0.4 is 5.32 Å². The van der Waals surface area contributed by atoms with Gasteiger partial charge in [-0.1, -0.05) is 0 Å². The number of rotatable bonds is 5. The van der Waals surface area contributed by atoms with Crippen LogP contribution in [0.3, 0.4) is 0 Å². The van der Waals surface area contributed by atoms with Gasteiger partial charge in [-0.2, -0.15) is 5.10 Å². The number of anilines is 1. The molecular formula is C14H16N6O. The first-order valence-electron chi connectivity index (χ1n) is 6.63. The first-order chi connectivity index (χ1) is 10.3. The van der Waals surface area contributed by atoms with E-state index in [1.807, 2.05) is 24.0 Å². The summed E-state index contributed by atoms with van der Waals surface area (Å²) in [5.41, 5.74) is 3.32. The van der Waals surface area contributed by atoms with E-state index in [9.17, 15) is 0 Å². The molecule has 0 aliphatic heterocycles. The van der Waals surface area contributed by atoms with Gasteiger partial charge in [0.25, 0.3) is 0 Å². The second kappa shape index (κ2) is 5.84. The zero-order chi connectivity index (χ0) is 14.7. The van der Waals surface area contributed by atoms with Gasteiger partial charge in [0.15, 0.2) is 5.82 Å². The first-order valence-corrected chi connectivity index (χ1v) is 6.63. The third-order valence-electron chi connectivity index (χ3n) is 3.15. The summed E-state index contributed by atoms with van der Waals surface area (Å²) >= 11 is 0. The number of aromatic nitrogens is 5. The van der Waals surface area contributed by atoms with Gasteiger partial charge in [0, 0.05) is 38.3 Å². The number of hydrogen-bond acceptors (Lipinski definition) is 6. The van der Waals surface area contributed by atoms with E-state index in [4.69, 9.17) is 4.74 Å². The molecule has 3 aromatic heterocycles. The number of ether oxygens (including phenoxy) is 1. The molecule has 0 saturated heterocycles. The van der Waals surface area contributed by atoms with Crippen molar-refractivity contribution in [1.82, 2.24) is 24.7 Å². The Hall–Kier alpha value is -2.54. The molecule has 0 fully saturated rings. The molecule has 0 aliphatic carbocycles. The monoisotopic (exact) mass is 284 g/mol. The third-order valence-corrected chi connectivity index (χ3v) is 3.15. The van der Waals surface area contributed by atoms with Crippen molar-refractivity contribution in [2.45, 2.75) is 6.54 Å². The molecule has 0 spiro atoms. The Morgan fingerprint density at radius 1 is 1.29 bits per heavy atom. The van der Waals surface area contributed by atoms with Crippen LogP contribution in [0.1, 0.15) is 0 Å². The predicted molar refractivity (Wildman–Crippen MR) is 80.0 cm³/mol. The molecule has 3 rings (SSSR count). The van der Waals surface area contributed by atoms with Gasteiger partial charge in [0.2, 0.25) is 0 Å². The summed E-state index contributed by atoms with van der Waals surface area (Å²) in [6.07, 6.45) is 7.07. The number of pyridine rings is 1. The molecule has 3 heterocycles. The molecule has 0 aromatic carbocycles. The van der Waals surface area contributed by atoms with Gasteiger partial charge >= 0.3 is 0 Å². The quantitative estimate of drug-likeness (QED) is 0.766. The topological polar surface area (TPSA) is 77.8 Å². The Balaban J connectivity index is 2.01. The molecule has 108 valence electrons. The van der Waals surface area contributed by atoms with Crippen LogP contribution in [0.15, 0.2) is 30.9 Å². The summed E-state index contributed by atoms with van der Waals surface area (Å²) in [5.74, 6) is 0.709. The van der Waals surface area contributed by atoms with Crippen LogP contribution in [0.2, 0.25) is 0 Å². The summed E-state index contributed by atoms with van der Waals surface area (Å²) in [4.78, 5) is 13.2. The van der Waals surface area contributed by atoms with Crippen LogP contribution in [0.25, 0.3) is 22.3 Å². The average molecular weight is 284 g/mol. The fourth-order valence-corrected chi connectivity index (χ4v) is 2.10. The van der Waals surface area contributed by atoms with Crippen LogP contribution in [-0.4, -0.2) is 45.5 Å². The van der Waals surface area contributed by atoms with Crippen molar-refractivity contribution < 1.29 is 4.74 Å². The number of nitrogens with one attached hydrogen (secondary N) is 1. The Kier molecular flexibility index (Phi) is 3.74.